The van der Waals surface area contributed by atoms with Crippen LogP contribution in [0.4, 0.5) is 0 Å². The maximum Gasteiger partial charge on any atom is 0.220 e. The van der Waals surface area contributed by atoms with E-state index in [1.54, 1.807) is 11.6 Å². The summed E-state index contributed by atoms with van der Waals surface area (Å²) in [6, 6.07) is 19.6. The van der Waals surface area contributed by atoms with Crippen molar-refractivity contribution in [2.75, 3.05) is 7.11 Å². The lowest BCUT2D eigenvalue weighted by atomic mass is 10.1. The van der Waals surface area contributed by atoms with Crippen LogP contribution < -0.4 is 10.1 Å². The van der Waals surface area contributed by atoms with Crippen LogP contribution in [-0.4, -0.2) is 37.2 Å². The van der Waals surface area contributed by atoms with Crippen LogP contribution in [0.25, 0.3) is 22.4 Å². The molecule has 0 saturated heterocycles. The number of nitrogens with zero attached hydrogens (tertiary/aromatic N) is 5. The predicted molar refractivity (Wildman–Crippen MR) is 120 cm³/mol. The molecule has 0 aliphatic heterocycles. The lowest BCUT2D eigenvalue weighted by Gasteiger charge is -2.06. The van der Waals surface area contributed by atoms with Gasteiger partial charge in [0.2, 0.25) is 5.91 Å². The van der Waals surface area contributed by atoms with Gasteiger partial charge in [0.1, 0.15) is 17.1 Å². The Kier molecular flexibility index (Phi) is 5.25. The molecule has 0 spiro atoms. The van der Waals surface area contributed by atoms with Crippen LogP contribution in [0, 0.1) is 0 Å². The average molecular weight is 426 g/mol. The molecule has 0 radical (unpaired) electrons. The third kappa shape index (κ3) is 3.90. The number of amides is 1. The summed E-state index contributed by atoms with van der Waals surface area (Å²) in [5.41, 5.74) is 4.53. The zero-order chi connectivity index (χ0) is 21.9. The van der Waals surface area contributed by atoms with Crippen LogP contribution in [0.2, 0.25) is 0 Å². The van der Waals surface area contributed by atoms with Gasteiger partial charge >= 0.3 is 0 Å². The number of rotatable bonds is 7. The van der Waals surface area contributed by atoms with Crippen molar-refractivity contribution in [3.63, 3.8) is 0 Å². The van der Waals surface area contributed by atoms with E-state index in [9.17, 15) is 4.79 Å². The Hall–Kier alpha value is -4.20. The van der Waals surface area contributed by atoms with E-state index in [1.165, 1.54) is 0 Å². The monoisotopic (exact) mass is 426 g/mol. The van der Waals surface area contributed by atoms with E-state index in [-0.39, 0.29) is 5.91 Å². The average Bonchev–Trinajstić information content (AvgIpc) is 3.46. The number of fused-ring (bicyclic) bond motifs is 3. The molecule has 160 valence electrons. The van der Waals surface area contributed by atoms with Crippen LogP contribution >= 0.6 is 0 Å². The Labute approximate surface area is 184 Å². The standard InChI is InChI=1S/C24H22N6O2/c1-32-19-9-7-17(8-10-19)16-25-23(31)12-11-22-26-27-24-21-15-20(18-5-3-2-4-6-18)28-30(21)14-13-29(22)24/h2-10,13-15H,11-12,16H2,1H3,(H,25,31). The summed E-state index contributed by atoms with van der Waals surface area (Å²) in [4.78, 5) is 12.3. The van der Waals surface area contributed by atoms with E-state index in [1.807, 2.05) is 77.5 Å². The van der Waals surface area contributed by atoms with Crippen molar-refractivity contribution in [3.05, 3.63) is 84.4 Å². The SMILES string of the molecule is COc1ccc(CNC(=O)CCc2nnc3c4cc(-c5ccccc5)nn4ccn23)cc1. The molecule has 0 aliphatic carbocycles. The highest BCUT2D eigenvalue weighted by Crippen LogP contribution is 2.22. The first-order chi connectivity index (χ1) is 15.7. The number of nitrogens with one attached hydrogen (secondary N) is 1. The molecule has 0 fully saturated rings. The highest BCUT2D eigenvalue weighted by atomic mass is 16.5. The van der Waals surface area contributed by atoms with Gasteiger partial charge in [0, 0.05) is 37.3 Å². The second-order valence-electron chi connectivity index (χ2n) is 7.46. The Morgan fingerprint density at radius 3 is 2.62 bits per heavy atom. The van der Waals surface area contributed by atoms with Crippen molar-refractivity contribution in [2.45, 2.75) is 19.4 Å². The van der Waals surface area contributed by atoms with Gasteiger partial charge in [-0.05, 0) is 23.8 Å². The fraction of sp³-hybridized carbons (Fsp3) is 0.167. The third-order valence-corrected chi connectivity index (χ3v) is 5.38. The van der Waals surface area contributed by atoms with Crippen molar-refractivity contribution in [1.29, 1.82) is 0 Å². The van der Waals surface area contributed by atoms with Gasteiger partial charge in [-0.1, -0.05) is 42.5 Å². The molecule has 2 aromatic carbocycles. The molecule has 1 amide bonds. The van der Waals surface area contributed by atoms with Gasteiger partial charge in [0.05, 0.1) is 12.8 Å². The molecule has 0 unspecified atom stereocenters. The first-order valence-corrected chi connectivity index (χ1v) is 10.4. The molecule has 0 saturated carbocycles. The topological polar surface area (TPSA) is 85.8 Å². The minimum atomic E-state index is -0.0330. The second-order valence-corrected chi connectivity index (χ2v) is 7.46. The molecule has 0 atom stereocenters. The lowest BCUT2D eigenvalue weighted by Crippen LogP contribution is -2.23. The number of carbonyl (C=O) groups is 1. The van der Waals surface area contributed by atoms with Crippen molar-refractivity contribution in [2.24, 2.45) is 0 Å². The third-order valence-electron chi connectivity index (χ3n) is 5.38. The zero-order valence-corrected chi connectivity index (χ0v) is 17.6. The second kappa shape index (κ2) is 8.50. The smallest absolute Gasteiger partial charge is 0.220 e. The number of aryl methyl sites for hydroxylation is 1. The van der Waals surface area contributed by atoms with Crippen molar-refractivity contribution < 1.29 is 9.53 Å². The number of aromatic nitrogens is 5. The van der Waals surface area contributed by atoms with E-state index < -0.39 is 0 Å². The molecule has 3 aromatic heterocycles. The van der Waals surface area contributed by atoms with E-state index in [0.29, 0.717) is 19.4 Å². The van der Waals surface area contributed by atoms with Gasteiger partial charge < -0.3 is 10.1 Å². The van der Waals surface area contributed by atoms with E-state index in [0.717, 1.165) is 39.6 Å². The van der Waals surface area contributed by atoms with Gasteiger partial charge in [0.15, 0.2) is 5.65 Å². The van der Waals surface area contributed by atoms with Gasteiger partial charge in [-0.25, -0.2) is 4.52 Å². The van der Waals surface area contributed by atoms with Crippen molar-refractivity contribution in [3.8, 4) is 17.0 Å². The van der Waals surface area contributed by atoms with Gasteiger partial charge in [-0.2, -0.15) is 5.10 Å². The van der Waals surface area contributed by atoms with Crippen LogP contribution in [0.5, 0.6) is 5.75 Å². The highest BCUT2D eigenvalue weighted by molar-refractivity contribution is 5.77. The minimum absolute atomic E-state index is 0.0330. The number of ether oxygens (including phenoxy) is 1. The Morgan fingerprint density at radius 2 is 1.84 bits per heavy atom. The molecule has 8 heteroatoms. The van der Waals surface area contributed by atoms with Crippen molar-refractivity contribution >= 4 is 17.1 Å². The largest absolute Gasteiger partial charge is 0.497 e. The molecule has 5 rings (SSSR count). The first kappa shape index (κ1) is 19.7. The van der Waals surface area contributed by atoms with Gasteiger partial charge in [-0.3, -0.25) is 9.20 Å². The zero-order valence-electron chi connectivity index (χ0n) is 17.6. The summed E-state index contributed by atoms with van der Waals surface area (Å²) in [6.07, 6.45) is 4.59. The van der Waals surface area contributed by atoms with E-state index >= 15 is 0 Å². The Morgan fingerprint density at radius 1 is 1.03 bits per heavy atom. The van der Waals surface area contributed by atoms with Crippen LogP contribution in [-0.2, 0) is 17.8 Å². The maximum absolute atomic E-state index is 12.3. The molecule has 0 aliphatic rings. The van der Waals surface area contributed by atoms with Gasteiger partial charge in [0.25, 0.3) is 0 Å². The quantitative estimate of drug-likeness (QED) is 0.432. The number of methoxy groups -OCH3 is 1. The van der Waals surface area contributed by atoms with Crippen LogP contribution in [0.3, 0.4) is 0 Å². The molecular formula is C24H22N6O2. The molecule has 1 N–H and O–H groups in total. The predicted octanol–water partition coefficient (Wildman–Crippen LogP) is 3.30. The summed E-state index contributed by atoms with van der Waals surface area (Å²) in [5, 5.41) is 16.3. The number of carbonyl (C=O) groups excluding carboxylic acids is 1. The summed E-state index contributed by atoms with van der Waals surface area (Å²) < 4.78 is 8.87. The molecule has 3 heterocycles. The number of benzene rings is 2. The van der Waals surface area contributed by atoms with E-state index in [4.69, 9.17) is 4.74 Å². The molecule has 0 bridgehead atoms. The number of hydrogen-bond donors (Lipinski definition) is 1. The van der Waals surface area contributed by atoms with Crippen LogP contribution in [0.15, 0.2) is 73.1 Å². The van der Waals surface area contributed by atoms with Gasteiger partial charge in [-0.15, -0.1) is 10.2 Å². The van der Waals surface area contributed by atoms with E-state index in [2.05, 4.69) is 20.6 Å². The first-order valence-electron chi connectivity index (χ1n) is 10.4. The summed E-state index contributed by atoms with van der Waals surface area (Å²) in [7, 11) is 1.63. The number of hydrogen-bond acceptors (Lipinski definition) is 5. The maximum atomic E-state index is 12.3. The van der Waals surface area contributed by atoms with Crippen molar-refractivity contribution in [1.82, 2.24) is 29.5 Å². The van der Waals surface area contributed by atoms with Crippen LogP contribution in [0.1, 0.15) is 17.8 Å². The summed E-state index contributed by atoms with van der Waals surface area (Å²) in [6.45, 7) is 0.474. The lowest BCUT2D eigenvalue weighted by molar-refractivity contribution is -0.121. The molecular weight excluding hydrogens is 404 g/mol. The molecule has 5 aromatic rings. The Bertz CT molecular complexity index is 1370. The Balaban J connectivity index is 1.27. The summed E-state index contributed by atoms with van der Waals surface area (Å²) >= 11 is 0. The minimum Gasteiger partial charge on any atom is -0.497 e. The summed E-state index contributed by atoms with van der Waals surface area (Å²) in [5.74, 6) is 1.50. The highest BCUT2D eigenvalue weighted by Gasteiger charge is 2.13. The molecule has 8 nitrogen and oxygen atoms in total. The fourth-order valence-electron chi connectivity index (χ4n) is 3.64. The normalized spacial score (nSPS) is 11.2. The molecule has 32 heavy (non-hydrogen) atoms. The fourth-order valence-corrected chi connectivity index (χ4v) is 3.64.